The molecule has 0 fully saturated rings. The van der Waals surface area contributed by atoms with Crippen LogP contribution < -0.4 is 10.1 Å². The van der Waals surface area contributed by atoms with E-state index in [2.05, 4.69) is 5.32 Å². The van der Waals surface area contributed by atoms with E-state index in [4.69, 9.17) is 4.74 Å². The summed E-state index contributed by atoms with van der Waals surface area (Å²) in [6, 6.07) is 9.20. The average Bonchev–Trinajstić information content (AvgIpc) is 2.56. The second-order valence-electron chi connectivity index (χ2n) is 5.30. The number of carbonyl (C=O) groups is 1. The normalized spacial score (nSPS) is 11.9. The van der Waals surface area contributed by atoms with Crippen molar-refractivity contribution in [2.45, 2.75) is 20.0 Å². The van der Waals surface area contributed by atoms with Gasteiger partial charge in [0.2, 0.25) is 0 Å². The minimum absolute atomic E-state index is 0.167. The number of amides is 1. The summed E-state index contributed by atoms with van der Waals surface area (Å²) in [5.74, 6) is -3.18. The molecule has 6 heteroatoms. The fourth-order valence-corrected chi connectivity index (χ4v) is 2.19. The zero-order chi connectivity index (χ0) is 17.7. The minimum atomic E-state index is -1.06. The van der Waals surface area contributed by atoms with Gasteiger partial charge in [0.25, 0.3) is 5.91 Å². The van der Waals surface area contributed by atoms with Crippen LogP contribution >= 0.6 is 0 Å². The van der Waals surface area contributed by atoms with Crippen LogP contribution in [0.25, 0.3) is 0 Å². The van der Waals surface area contributed by atoms with E-state index in [1.807, 2.05) is 19.1 Å². The molecule has 2 aromatic carbocycles. The summed E-state index contributed by atoms with van der Waals surface area (Å²) >= 11 is 0. The van der Waals surface area contributed by atoms with Gasteiger partial charge in [0, 0.05) is 6.54 Å². The molecule has 1 amide bonds. The van der Waals surface area contributed by atoms with Crippen LogP contribution in [0.4, 0.5) is 8.78 Å². The lowest BCUT2D eigenvalue weighted by Crippen LogP contribution is -2.30. The van der Waals surface area contributed by atoms with Crippen molar-refractivity contribution in [1.29, 1.82) is 0 Å². The van der Waals surface area contributed by atoms with Crippen molar-refractivity contribution < 1.29 is 23.4 Å². The topological polar surface area (TPSA) is 58.6 Å². The first-order valence-corrected chi connectivity index (χ1v) is 7.57. The summed E-state index contributed by atoms with van der Waals surface area (Å²) in [5.41, 5.74) is 0.911. The van der Waals surface area contributed by atoms with E-state index in [1.54, 1.807) is 19.1 Å². The Morgan fingerprint density at radius 1 is 1.21 bits per heavy atom. The summed E-state index contributed by atoms with van der Waals surface area (Å²) in [4.78, 5) is 12.1. The lowest BCUT2D eigenvalue weighted by Gasteiger charge is -2.14. The van der Waals surface area contributed by atoms with Crippen LogP contribution in [-0.4, -0.2) is 24.2 Å². The van der Waals surface area contributed by atoms with Crippen LogP contribution in [0.2, 0.25) is 0 Å². The Balaban J connectivity index is 2.09. The first kappa shape index (κ1) is 17.9. The summed E-state index contributed by atoms with van der Waals surface area (Å²) in [7, 11) is 0. The van der Waals surface area contributed by atoms with E-state index in [9.17, 15) is 18.7 Å². The molecule has 0 saturated heterocycles. The van der Waals surface area contributed by atoms with Crippen molar-refractivity contribution in [1.82, 2.24) is 5.32 Å². The SMILES string of the molecule is CCOc1ccc(F)c(C(=O)NCC(O)c2ccc(C)cc2)c1F. The lowest BCUT2D eigenvalue weighted by molar-refractivity contribution is 0.0906. The van der Waals surface area contributed by atoms with E-state index < -0.39 is 29.2 Å². The first-order chi connectivity index (χ1) is 11.4. The van der Waals surface area contributed by atoms with E-state index in [0.29, 0.717) is 5.56 Å². The number of benzene rings is 2. The first-order valence-electron chi connectivity index (χ1n) is 7.57. The predicted molar refractivity (Wildman–Crippen MR) is 86.0 cm³/mol. The number of hydrogen-bond donors (Lipinski definition) is 2. The molecule has 0 aliphatic carbocycles. The third kappa shape index (κ3) is 4.08. The molecule has 1 atom stereocenters. The molecule has 0 heterocycles. The summed E-state index contributed by atoms with van der Waals surface area (Å²) in [6.07, 6.45) is -0.976. The Hall–Kier alpha value is -2.47. The smallest absolute Gasteiger partial charge is 0.257 e. The Labute approximate surface area is 139 Å². The molecule has 4 nitrogen and oxygen atoms in total. The van der Waals surface area contributed by atoms with E-state index in [-0.39, 0.29) is 18.9 Å². The molecule has 0 spiro atoms. The number of aliphatic hydroxyl groups excluding tert-OH is 1. The Morgan fingerprint density at radius 2 is 1.88 bits per heavy atom. The van der Waals surface area contributed by atoms with E-state index in [0.717, 1.165) is 17.7 Å². The molecule has 0 aliphatic rings. The highest BCUT2D eigenvalue weighted by atomic mass is 19.1. The third-order valence-electron chi connectivity index (χ3n) is 3.50. The monoisotopic (exact) mass is 335 g/mol. The van der Waals surface area contributed by atoms with Crippen molar-refractivity contribution in [2.24, 2.45) is 0 Å². The molecule has 1 unspecified atom stereocenters. The fourth-order valence-electron chi connectivity index (χ4n) is 2.19. The molecule has 2 N–H and O–H groups in total. The van der Waals surface area contributed by atoms with Crippen LogP contribution in [-0.2, 0) is 0 Å². The maximum absolute atomic E-state index is 14.2. The van der Waals surface area contributed by atoms with Gasteiger partial charge in [-0.05, 0) is 31.5 Å². The molecular weight excluding hydrogens is 316 g/mol. The van der Waals surface area contributed by atoms with Gasteiger partial charge in [0.15, 0.2) is 11.6 Å². The number of aliphatic hydroxyl groups is 1. The van der Waals surface area contributed by atoms with E-state index >= 15 is 0 Å². The second-order valence-corrected chi connectivity index (χ2v) is 5.30. The molecule has 0 saturated carbocycles. The van der Waals surface area contributed by atoms with Gasteiger partial charge in [-0.25, -0.2) is 8.78 Å². The number of nitrogens with one attached hydrogen (secondary N) is 1. The van der Waals surface area contributed by atoms with Crippen molar-refractivity contribution in [3.05, 3.63) is 64.7 Å². The molecule has 0 bridgehead atoms. The van der Waals surface area contributed by atoms with Gasteiger partial charge in [-0.1, -0.05) is 29.8 Å². The molecule has 0 aliphatic heterocycles. The molecule has 0 aromatic heterocycles. The molecule has 24 heavy (non-hydrogen) atoms. The summed E-state index contributed by atoms with van der Waals surface area (Å²) in [5, 5.41) is 12.4. The van der Waals surface area contributed by atoms with Crippen LogP contribution in [0.15, 0.2) is 36.4 Å². The Kier molecular flexibility index (Phi) is 5.87. The van der Waals surface area contributed by atoms with Crippen molar-refractivity contribution in [3.63, 3.8) is 0 Å². The molecule has 2 rings (SSSR count). The van der Waals surface area contributed by atoms with Gasteiger partial charge in [-0.15, -0.1) is 0 Å². The van der Waals surface area contributed by atoms with E-state index in [1.165, 1.54) is 0 Å². The van der Waals surface area contributed by atoms with Crippen molar-refractivity contribution in [3.8, 4) is 5.75 Å². The van der Waals surface area contributed by atoms with Gasteiger partial charge in [0.05, 0.1) is 12.7 Å². The minimum Gasteiger partial charge on any atom is -0.491 e. The zero-order valence-corrected chi connectivity index (χ0v) is 13.5. The van der Waals surface area contributed by atoms with Crippen LogP contribution in [0.1, 0.15) is 34.5 Å². The quantitative estimate of drug-likeness (QED) is 0.853. The molecular formula is C18H19F2NO3. The Morgan fingerprint density at radius 3 is 2.50 bits per heavy atom. The summed E-state index contributed by atoms with van der Waals surface area (Å²) in [6.45, 7) is 3.59. The number of aryl methyl sites for hydroxylation is 1. The number of carbonyl (C=O) groups excluding carboxylic acids is 1. The lowest BCUT2D eigenvalue weighted by atomic mass is 10.1. The number of halogens is 2. The van der Waals surface area contributed by atoms with Crippen LogP contribution in [0.3, 0.4) is 0 Å². The van der Waals surface area contributed by atoms with Crippen LogP contribution in [0.5, 0.6) is 5.75 Å². The standard InChI is InChI=1S/C18H19F2NO3/c1-3-24-15-9-8-13(19)16(17(15)20)18(23)21-10-14(22)12-6-4-11(2)5-7-12/h4-9,14,22H,3,10H2,1-2H3,(H,21,23). The highest BCUT2D eigenvalue weighted by Crippen LogP contribution is 2.23. The van der Waals surface area contributed by atoms with Gasteiger partial charge in [0.1, 0.15) is 11.4 Å². The largest absolute Gasteiger partial charge is 0.491 e. The van der Waals surface area contributed by atoms with Gasteiger partial charge >= 0.3 is 0 Å². The van der Waals surface area contributed by atoms with Gasteiger partial charge in [-0.2, -0.15) is 0 Å². The Bertz CT molecular complexity index is 717. The van der Waals surface area contributed by atoms with Crippen LogP contribution in [0, 0.1) is 18.6 Å². The second kappa shape index (κ2) is 7.88. The van der Waals surface area contributed by atoms with Gasteiger partial charge < -0.3 is 15.2 Å². The highest BCUT2D eigenvalue weighted by molar-refractivity contribution is 5.95. The molecule has 0 radical (unpaired) electrons. The average molecular weight is 335 g/mol. The third-order valence-corrected chi connectivity index (χ3v) is 3.50. The van der Waals surface area contributed by atoms with Crippen molar-refractivity contribution in [2.75, 3.05) is 13.2 Å². The number of hydrogen-bond acceptors (Lipinski definition) is 3. The molecule has 2 aromatic rings. The van der Waals surface area contributed by atoms with Crippen molar-refractivity contribution >= 4 is 5.91 Å². The maximum Gasteiger partial charge on any atom is 0.257 e. The summed E-state index contributed by atoms with van der Waals surface area (Å²) < 4.78 is 33.0. The molecule has 128 valence electrons. The maximum atomic E-state index is 14.2. The highest BCUT2D eigenvalue weighted by Gasteiger charge is 2.22. The van der Waals surface area contributed by atoms with Gasteiger partial charge in [-0.3, -0.25) is 4.79 Å². The number of rotatable bonds is 6. The number of ether oxygens (including phenoxy) is 1. The predicted octanol–water partition coefficient (Wildman–Crippen LogP) is 3.14. The zero-order valence-electron chi connectivity index (χ0n) is 13.5. The fraction of sp³-hybridized carbons (Fsp3) is 0.278.